The van der Waals surface area contributed by atoms with Crippen LogP contribution in [-0.4, -0.2) is 33.8 Å². The quantitative estimate of drug-likeness (QED) is 0.116. The van der Waals surface area contributed by atoms with Crippen molar-refractivity contribution in [3.8, 4) is 22.7 Å². The number of para-hydroxylation sites is 2. The Labute approximate surface area is 266 Å². The van der Waals surface area contributed by atoms with Gasteiger partial charge in [0.25, 0.3) is 5.91 Å². The van der Waals surface area contributed by atoms with Crippen LogP contribution in [0.2, 0.25) is 5.02 Å². The van der Waals surface area contributed by atoms with Crippen LogP contribution in [0.15, 0.2) is 125 Å². The lowest BCUT2D eigenvalue weighted by Gasteiger charge is -2.11. The second-order valence-electron chi connectivity index (χ2n) is 10.3. The molecule has 0 saturated heterocycles. The van der Waals surface area contributed by atoms with Crippen LogP contribution in [0.25, 0.3) is 23.0 Å². The molecular weight excluding hydrogens is 588 g/mol. The van der Waals surface area contributed by atoms with E-state index in [0.717, 1.165) is 45.1 Å². The van der Waals surface area contributed by atoms with E-state index in [4.69, 9.17) is 26.5 Å². The van der Waals surface area contributed by atoms with E-state index in [9.17, 15) is 4.79 Å². The Bertz CT molecular complexity index is 1830. The Morgan fingerprint density at radius 1 is 0.909 bits per heavy atom. The first kappa shape index (κ1) is 29.5. The van der Waals surface area contributed by atoms with Crippen LogP contribution < -0.4 is 9.75 Å². The van der Waals surface area contributed by atoms with Gasteiger partial charge in [0.05, 0.1) is 29.3 Å². The van der Waals surface area contributed by atoms with Gasteiger partial charge in [-0.3, -0.25) is 4.79 Å². The van der Waals surface area contributed by atoms with Crippen molar-refractivity contribution in [1.29, 1.82) is 0 Å². The number of rotatable bonds is 10. The van der Waals surface area contributed by atoms with E-state index in [-0.39, 0.29) is 5.91 Å². The summed E-state index contributed by atoms with van der Waals surface area (Å²) in [5.41, 5.74) is 6.46. The fourth-order valence-corrected chi connectivity index (χ4v) is 5.89. The molecule has 0 saturated carbocycles. The number of benzene rings is 4. The molecule has 1 aliphatic rings. The Kier molecular flexibility index (Phi) is 8.96. The van der Waals surface area contributed by atoms with Gasteiger partial charge < -0.3 is 4.74 Å². The summed E-state index contributed by atoms with van der Waals surface area (Å²) < 4.78 is 7.74. The third-order valence-electron chi connectivity index (χ3n) is 7.13. The van der Waals surface area contributed by atoms with Crippen molar-refractivity contribution >= 4 is 46.7 Å². The molecule has 0 spiro atoms. The number of aryl methyl sites for hydroxylation is 1. The smallest absolute Gasteiger partial charge is 0.280 e. The first-order valence-electron chi connectivity index (χ1n) is 14.5. The zero-order chi connectivity index (χ0) is 30.5. The largest absolute Gasteiger partial charge is 0.494 e. The number of hydrazone groups is 1. The highest BCUT2D eigenvalue weighted by molar-refractivity contribution is 8.00. The number of amides is 1. The molecule has 1 amide bonds. The van der Waals surface area contributed by atoms with Crippen molar-refractivity contribution in [3.05, 3.63) is 131 Å². The van der Waals surface area contributed by atoms with Crippen LogP contribution in [0.5, 0.6) is 5.75 Å². The lowest BCUT2D eigenvalue weighted by molar-refractivity contribution is -0.114. The van der Waals surface area contributed by atoms with Gasteiger partial charge in [0, 0.05) is 33.0 Å². The molecule has 0 atom stereocenters. The third kappa shape index (κ3) is 6.49. The van der Waals surface area contributed by atoms with E-state index in [1.54, 1.807) is 11.8 Å². The van der Waals surface area contributed by atoms with E-state index in [0.29, 0.717) is 34.4 Å². The highest BCUT2D eigenvalue weighted by atomic mass is 35.5. The summed E-state index contributed by atoms with van der Waals surface area (Å²) in [6.07, 6.45) is 4.84. The average Bonchev–Trinajstić information content (AvgIpc) is 3.61. The number of aromatic nitrogens is 2. The van der Waals surface area contributed by atoms with Crippen LogP contribution in [0.1, 0.15) is 24.5 Å². The average molecular weight is 619 g/mol. The van der Waals surface area contributed by atoms with Crippen molar-refractivity contribution in [2.75, 3.05) is 17.4 Å². The van der Waals surface area contributed by atoms with Crippen molar-refractivity contribution in [3.63, 3.8) is 0 Å². The minimum atomic E-state index is -0.179. The molecule has 220 valence electrons. The standard InChI is InChI=1S/C36H31ClN4O2S/c1-3-20-43-30-16-19-32(25(2)21-30)35-26(23-40(39-35)28-10-6-4-7-11-28)22-33-34(24-44-31-17-14-27(37)15-18-31)38-41(36(33)42)29-12-8-5-9-13-29/h4-19,21-23H,3,20,24H2,1-2H3/b33-22-. The van der Waals surface area contributed by atoms with Gasteiger partial charge in [-0.25, -0.2) is 4.68 Å². The highest BCUT2D eigenvalue weighted by Crippen LogP contribution is 2.34. The van der Waals surface area contributed by atoms with E-state index in [1.165, 1.54) is 5.01 Å². The second kappa shape index (κ2) is 13.4. The second-order valence-corrected chi connectivity index (χ2v) is 11.8. The molecule has 0 N–H and O–H groups in total. The number of ether oxygens (including phenoxy) is 1. The fourth-order valence-electron chi connectivity index (χ4n) is 4.92. The molecule has 0 bridgehead atoms. The lowest BCUT2D eigenvalue weighted by atomic mass is 10.00. The molecule has 2 heterocycles. The maximum Gasteiger partial charge on any atom is 0.280 e. The van der Waals surface area contributed by atoms with Crippen LogP contribution in [-0.2, 0) is 4.79 Å². The summed E-state index contributed by atoms with van der Waals surface area (Å²) in [6, 6.07) is 33.2. The van der Waals surface area contributed by atoms with E-state index in [1.807, 2.05) is 120 Å². The summed E-state index contributed by atoms with van der Waals surface area (Å²) in [5.74, 6) is 1.16. The van der Waals surface area contributed by atoms with Crippen molar-refractivity contribution in [1.82, 2.24) is 9.78 Å². The number of carbonyl (C=O) groups excluding carboxylic acids is 1. The third-order valence-corrected chi connectivity index (χ3v) is 8.41. The highest BCUT2D eigenvalue weighted by Gasteiger charge is 2.32. The van der Waals surface area contributed by atoms with Gasteiger partial charge in [-0.15, -0.1) is 11.8 Å². The molecule has 0 unspecified atom stereocenters. The number of halogens is 1. The SMILES string of the molecule is CCCOc1ccc(-c2nn(-c3ccccc3)cc2/C=C2\C(=O)N(c3ccccc3)N=C2CSc2ccc(Cl)cc2)c(C)c1. The van der Waals surface area contributed by atoms with E-state index < -0.39 is 0 Å². The predicted molar refractivity (Wildman–Crippen MR) is 181 cm³/mol. The van der Waals surface area contributed by atoms with Crippen molar-refractivity contribution in [2.45, 2.75) is 25.2 Å². The molecule has 6 nitrogen and oxygen atoms in total. The molecule has 8 heteroatoms. The number of anilines is 1. The normalized spacial score (nSPS) is 13.9. The van der Waals surface area contributed by atoms with Gasteiger partial charge in [0.1, 0.15) is 11.4 Å². The van der Waals surface area contributed by atoms with Crippen LogP contribution >= 0.6 is 23.4 Å². The zero-order valence-corrected chi connectivity index (χ0v) is 26.1. The Morgan fingerprint density at radius 2 is 1.61 bits per heavy atom. The maximum absolute atomic E-state index is 14.0. The number of hydrogen-bond donors (Lipinski definition) is 0. The van der Waals surface area contributed by atoms with E-state index in [2.05, 4.69) is 13.8 Å². The topological polar surface area (TPSA) is 59.7 Å². The number of nitrogens with zero attached hydrogens (tertiary/aromatic N) is 4. The molecule has 0 radical (unpaired) electrons. The van der Waals surface area contributed by atoms with Crippen LogP contribution in [0.3, 0.4) is 0 Å². The van der Waals surface area contributed by atoms with Crippen LogP contribution in [0, 0.1) is 6.92 Å². The van der Waals surface area contributed by atoms with E-state index >= 15 is 0 Å². The van der Waals surface area contributed by atoms with Gasteiger partial charge in [-0.05, 0) is 91.7 Å². The minimum Gasteiger partial charge on any atom is -0.494 e. The summed E-state index contributed by atoms with van der Waals surface area (Å²) in [5, 5.41) is 12.0. The fraction of sp³-hybridized carbons (Fsp3) is 0.139. The molecule has 6 rings (SSSR count). The summed E-state index contributed by atoms with van der Waals surface area (Å²) in [7, 11) is 0. The lowest BCUT2D eigenvalue weighted by Crippen LogP contribution is -2.21. The van der Waals surface area contributed by atoms with Crippen molar-refractivity contribution < 1.29 is 9.53 Å². The summed E-state index contributed by atoms with van der Waals surface area (Å²) in [6.45, 7) is 4.81. The first-order chi connectivity index (χ1) is 21.5. The van der Waals surface area contributed by atoms with Gasteiger partial charge in [-0.2, -0.15) is 15.2 Å². The van der Waals surface area contributed by atoms with Gasteiger partial charge in [0.2, 0.25) is 0 Å². The predicted octanol–water partition coefficient (Wildman–Crippen LogP) is 8.87. The summed E-state index contributed by atoms with van der Waals surface area (Å²) in [4.78, 5) is 15.0. The molecule has 4 aromatic carbocycles. The molecule has 5 aromatic rings. The molecule has 1 aromatic heterocycles. The zero-order valence-electron chi connectivity index (χ0n) is 24.5. The number of carbonyl (C=O) groups is 1. The van der Waals surface area contributed by atoms with Crippen molar-refractivity contribution in [2.24, 2.45) is 5.10 Å². The number of thioether (sulfide) groups is 1. The minimum absolute atomic E-state index is 0.179. The van der Waals surface area contributed by atoms with Gasteiger partial charge in [-0.1, -0.05) is 54.9 Å². The molecule has 0 fully saturated rings. The molecule has 0 aliphatic carbocycles. The molecule has 44 heavy (non-hydrogen) atoms. The van der Waals surface area contributed by atoms with Crippen LogP contribution in [0.4, 0.5) is 5.69 Å². The monoisotopic (exact) mass is 618 g/mol. The Balaban J connectivity index is 1.43. The maximum atomic E-state index is 14.0. The van der Waals surface area contributed by atoms with Gasteiger partial charge in [0.15, 0.2) is 0 Å². The Hall–Kier alpha value is -4.59. The van der Waals surface area contributed by atoms with Gasteiger partial charge >= 0.3 is 0 Å². The Morgan fingerprint density at radius 3 is 2.30 bits per heavy atom. The molecule has 1 aliphatic heterocycles. The number of hydrogen-bond acceptors (Lipinski definition) is 5. The first-order valence-corrected chi connectivity index (χ1v) is 15.8. The molecular formula is C36H31ClN4O2S. The summed E-state index contributed by atoms with van der Waals surface area (Å²) >= 11 is 7.71.